The first-order valence-electron chi connectivity index (χ1n) is 10.6. The molecule has 1 aromatic carbocycles. The largest absolute Gasteiger partial charge is 0.387 e. The molecule has 2 atom stereocenters. The van der Waals surface area contributed by atoms with E-state index in [-0.39, 0.29) is 0 Å². The Hall–Kier alpha value is -2.65. The van der Waals surface area contributed by atoms with E-state index in [1.54, 1.807) is 6.20 Å². The number of benzene rings is 1. The lowest BCUT2D eigenvalue weighted by atomic mass is 9.81. The Balaban J connectivity index is 1.60. The van der Waals surface area contributed by atoms with Crippen LogP contribution in [0.1, 0.15) is 43.5 Å². The van der Waals surface area contributed by atoms with Crippen LogP contribution >= 0.6 is 0 Å². The van der Waals surface area contributed by atoms with E-state index < -0.39 is 0 Å². The fraction of sp³-hybridized carbons (Fsp3) is 0.522. The summed E-state index contributed by atoms with van der Waals surface area (Å²) in [6, 6.07) is 11.9. The first-order valence-corrected chi connectivity index (χ1v) is 10.6. The highest BCUT2D eigenvalue weighted by Gasteiger charge is 2.43. The molecule has 0 bridgehead atoms. The standard InChI is InChI=1S/C23H30N6/c1-16(2)11-17-12-20(25-3)19(14-24)23(13-17)29-10-9-28(21-6-7-22(21)29)15-18-5-4-8-26-27-18/h4-5,8,12-13,16,21-22,25H,6-7,9-11,15H2,1-3H3/t21-,22+/m1/s1. The van der Waals surface area contributed by atoms with E-state index in [2.05, 4.69) is 63.4 Å². The Kier molecular flexibility index (Phi) is 5.68. The molecule has 6 nitrogen and oxygen atoms in total. The van der Waals surface area contributed by atoms with Crippen molar-refractivity contribution in [2.24, 2.45) is 5.92 Å². The Morgan fingerprint density at radius 1 is 1.24 bits per heavy atom. The molecule has 0 unspecified atom stereocenters. The molecule has 1 aromatic heterocycles. The van der Waals surface area contributed by atoms with Crippen LogP contribution < -0.4 is 10.2 Å². The van der Waals surface area contributed by atoms with Crippen molar-refractivity contribution in [3.8, 4) is 6.07 Å². The summed E-state index contributed by atoms with van der Waals surface area (Å²) >= 11 is 0. The number of hydrogen-bond acceptors (Lipinski definition) is 6. The number of anilines is 2. The highest BCUT2D eigenvalue weighted by atomic mass is 15.3. The second-order valence-corrected chi connectivity index (χ2v) is 8.59. The molecule has 6 heteroatoms. The van der Waals surface area contributed by atoms with Crippen LogP contribution in [-0.4, -0.2) is 47.3 Å². The van der Waals surface area contributed by atoms with Gasteiger partial charge in [-0.3, -0.25) is 4.90 Å². The van der Waals surface area contributed by atoms with Crippen molar-refractivity contribution in [2.75, 3.05) is 30.4 Å². The number of nitriles is 1. The van der Waals surface area contributed by atoms with Gasteiger partial charge in [-0.05, 0) is 55.0 Å². The van der Waals surface area contributed by atoms with Gasteiger partial charge in [-0.1, -0.05) is 13.8 Å². The van der Waals surface area contributed by atoms with E-state index in [9.17, 15) is 5.26 Å². The summed E-state index contributed by atoms with van der Waals surface area (Å²) in [5.74, 6) is 0.584. The van der Waals surface area contributed by atoms with E-state index in [1.807, 2.05) is 13.1 Å². The zero-order valence-corrected chi connectivity index (χ0v) is 17.6. The van der Waals surface area contributed by atoms with Crippen LogP contribution in [0.2, 0.25) is 0 Å². The lowest BCUT2D eigenvalue weighted by Gasteiger charge is -2.55. The van der Waals surface area contributed by atoms with Gasteiger partial charge in [0, 0.05) is 45.0 Å². The van der Waals surface area contributed by atoms with Crippen molar-refractivity contribution < 1.29 is 0 Å². The van der Waals surface area contributed by atoms with Crippen molar-refractivity contribution in [2.45, 2.75) is 51.7 Å². The zero-order chi connectivity index (χ0) is 20.4. The van der Waals surface area contributed by atoms with Gasteiger partial charge >= 0.3 is 0 Å². The van der Waals surface area contributed by atoms with Crippen molar-refractivity contribution in [1.29, 1.82) is 5.26 Å². The fourth-order valence-corrected chi connectivity index (χ4v) is 4.76. The highest BCUT2D eigenvalue weighted by Crippen LogP contribution is 2.40. The van der Waals surface area contributed by atoms with Gasteiger partial charge in [0.25, 0.3) is 0 Å². The molecule has 1 aliphatic carbocycles. The zero-order valence-electron chi connectivity index (χ0n) is 17.6. The maximum Gasteiger partial charge on any atom is 0.104 e. The van der Waals surface area contributed by atoms with Crippen LogP contribution in [0.5, 0.6) is 0 Å². The Morgan fingerprint density at radius 2 is 2.07 bits per heavy atom. The third-order valence-corrected chi connectivity index (χ3v) is 6.20. The van der Waals surface area contributed by atoms with Crippen molar-refractivity contribution in [1.82, 2.24) is 15.1 Å². The van der Waals surface area contributed by atoms with E-state index in [4.69, 9.17) is 0 Å². The number of aromatic nitrogens is 2. The van der Waals surface area contributed by atoms with Gasteiger partial charge in [-0.25, -0.2) is 0 Å². The summed E-state index contributed by atoms with van der Waals surface area (Å²) < 4.78 is 0. The number of piperazine rings is 1. The second-order valence-electron chi connectivity index (χ2n) is 8.59. The molecular formula is C23H30N6. The van der Waals surface area contributed by atoms with Crippen molar-refractivity contribution in [3.05, 3.63) is 47.3 Å². The van der Waals surface area contributed by atoms with E-state index in [0.29, 0.717) is 18.0 Å². The minimum Gasteiger partial charge on any atom is -0.387 e. The molecule has 2 aliphatic rings. The van der Waals surface area contributed by atoms with Gasteiger partial charge < -0.3 is 10.2 Å². The number of hydrogen-bond donors (Lipinski definition) is 1. The average molecular weight is 391 g/mol. The Labute approximate surface area is 173 Å². The molecule has 2 heterocycles. The van der Waals surface area contributed by atoms with Crippen LogP contribution in [0.3, 0.4) is 0 Å². The van der Waals surface area contributed by atoms with Gasteiger partial charge in [-0.2, -0.15) is 15.5 Å². The highest BCUT2D eigenvalue weighted by molar-refractivity contribution is 5.74. The molecule has 1 saturated carbocycles. The number of fused-ring (bicyclic) bond motifs is 1. The molecule has 2 aromatic rings. The molecule has 152 valence electrons. The first-order chi connectivity index (χ1) is 14.1. The minimum atomic E-state index is 0.464. The van der Waals surface area contributed by atoms with Crippen molar-refractivity contribution in [3.63, 3.8) is 0 Å². The topological polar surface area (TPSA) is 68.1 Å². The van der Waals surface area contributed by atoms with Gasteiger partial charge in [0.2, 0.25) is 0 Å². The maximum atomic E-state index is 9.91. The van der Waals surface area contributed by atoms with Crippen LogP contribution in [0.4, 0.5) is 11.4 Å². The number of rotatable bonds is 6. The van der Waals surface area contributed by atoms with Crippen LogP contribution in [0.25, 0.3) is 0 Å². The number of nitrogens with one attached hydrogen (secondary N) is 1. The lowest BCUT2D eigenvalue weighted by Crippen LogP contribution is -2.64. The van der Waals surface area contributed by atoms with Gasteiger partial charge in [0.1, 0.15) is 6.07 Å². The predicted octanol–water partition coefficient (Wildman–Crippen LogP) is 3.44. The quantitative estimate of drug-likeness (QED) is 0.815. The summed E-state index contributed by atoms with van der Waals surface area (Å²) in [6.07, 6.45) is 5.12. The molecule has 29 heavy (non-hydrogen) atoms. The van der Waals surface area contributed by atoms with E-state index in [1.165, 1.54) is 18.4 Å². The van der Waals surface area contributed by atoms with Crippen molar-refractivity contribution >= 4 is 11.4 Å². The SMILES string of the molecule is CNc1cc(CC(C)C)cc(N2CCN(Cc3cccnn3)[C@@H]3CC[C@@H]32)c1C#N. The monoisotopic (exact) mass is 390 g/mol. The molecule has 1 N–H and O–H groups in total. The summed E-state index contributed by atoms with van der Waals surface area (Å²) in [7, 11) is 1.91. The molecule has 1 aliphatic heterocycles. The molecule has 1 saturated heterocycles. The summed E-state index contributed by atoms with van der Waals surface area (Å²) in [5, 5.41) is 21.4. The Morgan fingerprint density at radius 3 is 2.69 bits per heavy atom. The second kappa shape index (κ2) is 8.38. The number of nitrogens with zero attached hydrogens (tertiary/aromatic N) is 5. The predicted molar refractivity (Wildman–Crippen MR) is 116 cm³/mol. The summed E-state index contributed by atoms with van der Waals surface area (Å²) in [4.78, 5) is 5.03. The van der Waals surface area contributed by atoms with Crippen LogP contribution in [-0.2, 0) is 13.0 Å². The minimum absolute atomic E-state index is 0.464. The maximum absolute atomic E-state index is 9.91. The molecule has 0 spiro atoms. The molecular weight excluding hydrogens is 360 g/mol. The molecule has 2 fully saturated rings. The normalized spacial score (nSPS) is 21.4. The molecule has 4 rings (SSSR count). The van der Waals surface area contributed by atoms with Gasteiger partial charge in [-0.15, -0.1) is 0 Å². The lowest BCUT2D eigenvalue weighted by molar-refractivity contribution is 0.0646. The summed E-state index contributed by atoms with van der Waals surface area (Å²) in [5.41, 5.74) is 5.15. The fourth-order valence-electron chi connectivity index (χ4n) is 4.76. The van der Waals surface area contributed by atoms with Crippen LogP contribution in [0.15, 0.2) is 30.5 Å². The summed E-state index contributed by atoms with van der Waals surface area (Å²) in [6.45, 7) is 7.24. The Bertz CT molecular complexity index is 888. The van der Waals surface area contributed by atoms with Gasteiger partial charge in [0.05, 0.1) is 22.6 Å². The third-order valence-electron chi connectivity index (χ3n) is 6.20. The van der Waals surface area contributed by atoms with E-state index in [0.717, 1.165) is 48.7 Å². The third kappa shape index (κ3) is 3.92. The first kappa shape index (κ1) is 19.7. The molecule has 0 amide bonds. The average Bonchev–Trinajstić information content (AvgIpc) is 2.68. The smallest absolute Gasteiger partial charge is 0.104 e. The van der Waals surface area contributed by atoms with E-state index >= 15 is 0 Å². The van der Waals surface area contributed by atoms with Crippen LogP contribution in [0, 0.1) is 17.2 Å². The van der Waals surface area contributed by atoms with Gasteiger partial charge in [0.15, 0.2) is 0 Å². The molecule has 0 radical (unpaired) electrons.